The van der Waals surface area contributed by atoms with Gasteiger partial charge in [-0.25, -0.2) is 0 Å². The lowest BCUT2D eigenvalue weighted by atomic mass is 9.99. The zero-order valence-electron chi connectivity index (χ0n) is 12.4. The summed E-state index contributed by atoms with van der Waals surface area (Å²) < 4.78 is 40.6. The van der Waals surface area contributed by atoms with Gasteiger partial charge in [0, 0.05) is 32.2 Å². The van der Waals surface area contributed by atoms with E-state index in [1.807, 2.05) is 6.08 Å². The number of nitrogens with one attached hydrogen (secondary N) is 1. The minimum atomic E-state index is -4.65. The monoisotopic (exact) mass is 314 g/mol. The first-order chi connectivity index (χ1) is 10.5. The lowest BCUT2D eigenvalue weighted by Gasteiger charge is -2.35. The molecule has 0 bridgehead atoms. The maximum atomic E-state index is 12.2. The Morgan fingerprint density at radius 3 is 2.41 bits per heavy atom. The Kier molecular flexibility index (Phi) is 5.85. The molecule has 1 aromatic carbocycles. The molecule has 1 aromatic rings. The Labute approximate surface area is 128 Å². The van der Waals surface area contributed by atoms with E-state index in [1.54, 1.807) is 12.1 Å². The van der Waals surface area contributed by atoms with Crippen LogP contribution in [0.15, 0.2) is 36.9 Å². The molecule has 1 fully saturated rings. The molecule has 0 spiro atoms. The van der Waals surface area contributed by atoms with Crippen molar-refractivity contribution < 1.29 is 17.9 Å². The average molecular weight is 314 g/mol. The lowest BCUT2D eigenvalue weighted by Crippen LogP contribution is -2.45. The van der Waals surface area contributed by atoms with E-state index in [0.717, 1.165) is 44.6 Å². The standard InChI is InChI=1S/C16H21F3N2O/c1-2-3-4-15(21-11-9-20-10-12-21)13-5-7-14(8-6-13)22-16(17,18)19/h2,5-8,15,20H,1,3-4,9-12H2/t15-/m1/s1. The fourth-order valence-electron chi connectivity index (χ4n) is 2.72. The van der Waals surface area contributed by atoms with Gasteiger partial charge in [-0.3, -0.25) is 4.90 Å². The number of allylic oxidation sites excluding steroid dienone is 1. The molecule has 22 heavy (non-hydrogen) atoms. The lowest BCUT2D eigenvalue weighted by molar-refractivity contribution is -0.274. The number of rotatable bonds is 6. The van der Waals surface area contributed by atoms with Crippen LogP contribution in [0.5, 0.6) is 5.75 Å². The maximum absolute atomic E-state index is 12.2. The Bertz CT molecular complexity index is 467. The van der Waals surface area contributed by atoms with Crippen LogP contribution in [0.25, 0.3) is 0 Å². The van der Waals surface area contributed by atoms with Crippen LogP contribution in [0, 0.1) is 0 Å². The number of ether oxygens (including phenoxy) is 1. The van der Waals surface area contributed by atoms with E-state index >= 15 is 0 Å². The number of piperazine rings is 1. The molecule has 122 valence electrons. The van der Waals surface area contributed by atoms with Crippen LogP contribution in [-0.2, 0) is 0 Å². The van der Waals surface area contributed by atoms with Crippen molar-refractivity contribution in [2.75, 3.05) is 26.2 Å². The molecular weight excluding hydrogens is 293 g/mol. The van der Waals surface area contributed by atoms with Crippen molar-refractivity contribution >= 4 is 0 Å². The summed E-state index contributed by atoms with van der Waals surface area (Å²) in [5, 5.41) is 3.31. The van der Waals surface area contributed by atoms with Gasteiger partial charge in [0.15, 0.2) is 0 Å². The molecule has 0 saturated carbocycles. The molecule has 0 radical (unpaired) electrons. The van der Waals surface area contributed by atoms with Crippen LogP contribution < -0.4 is 10.1 Å². The van der Waals surface area contributed by atoms with Crippen molar-refractivity contribution in [3.63, 3.8) is 0 Å². The molecule has 1 atom stereocenters. The highest BCUT2D eigenvalue weighted by molar-refractivity contribution is 5.29. The number of benzene rings is 1. The van der Waals surface area contributed by atoms with Gasteiger partial charge in [0.25, 0.3) is 0 Å². The minimum Gasteiger partial charge on any atom is -0.406 e. The first-order valence-corrected chi connectivity index (χ1v) is 7.41. The second kappa shape index (κ2) is 7.65. The van der Waals surface area contributed by atoms with E-state index in [2.05, 4.69) is 21.5 Å². The summed E-state index contributed by atoms with van der Waals surface area (Å²) in [4.78, 5) is 2.36. The number of halogens is 3. The topological polar surface area (TPSA) is 24.5 Å². The van der Waals surface area contributed by atoms with Gasteiger partial charge in [-0.1, -0.05) is 18.2 Å². The fraction of sp³-hybridized carbons (Fsp3) is 0.500. The van der Waals surface area contributed by atoms with Gasteiger partial charge < -0.3 is 10.1 Å². The first kappa shape index (κ1) is 16.8. The SMILES string of the molecule is C=CCC[C@H](c1ccc(OC(F)(F)F)cc1)N1CCNCC1. The molecule has 0 aliphatic carbocycles. The maximum Gasteiger partial charge on any atom is 0.573 e. The molecule has 6 heteroatoms. The summed E-state index contributed by atoms with van der Waals surface area (Å²) in [5.41, 5.74) is 1.01. The number of hydrogen-bond donors (Lipinski definition) is 1. The zero-order valence-corrected chi connectivity index (χ0v) is 12.4. The van der Waals surface area contributed by atoms with E-state index in [9.17, 15) is 13.2 Å². The Morgan fingerprint density at radius 1 is 1.23 bits per heavy atom. The second-order valence-electron chi connectivity index (χ2n) is 5.28. The Morgan fingerprint density at radius 2 is 1.86 bits per heavy atom. The molecule has 2 rings (SSSR count). The van der Waals surface area contributed by atoms with Crippen molar-refractivity contribution in [2.45, 2.75) is 25.2 Å². The highest BCUT2D eigenvalue weighted by Gasteiger charge is 2.31. The third-order valence-electron chi connectivity index (χ3n) is 3.74. The van der Waals surface area contributed by atoms with Gasteiger partial charge in [-0.15, -0.1) is 19.8 Å². The normalized spacial score (nSPS) is 18.0. The summed E-state index contributed by atoms with van der Waals surface area (Å²) >= 11 is 0. The van der Waals surface area contributed by atoms with Gasteiger partial charge >= 0.3 is 6.36 Å². The number of alkyl halides is 3. The van der Waals surface area contributed by atoms with Crippen LogP contribution >= 0.6 is 0 Å². The van der Waals surface area contributed by atoms with E-state index in [4.69, 9.17) is 0 Å². The summed E-state index contributed by atoms with van der Waals surface area (Å²) in [6.07, 6.45) is -1.00. The highest BCUT2D eigenvalue weighted by Crippen LogP contribution is 2.29. The van der Waals surface area contributed by atoms with E-state index in [1.165, 1.54) is 12.1 Å². The Balaban J connectivity index is 2.10. The molecule has 0 amide bonds. The first-order valence-electron chi connectivity index (χ1n) is 7.41. The second-order valence-corrected chi connectivity index (χ2v) is 5.28. The molecular formula is C16H21F3N2O. The van der Waals surface area contributed by atoms with E-state index in [0.29, 0.717) is 0 Å². The molecule has 3 nitrogen and oxygen atoms in total. The predicted octanol–water partition coefficient (Wildman–Crippen LogP) is 3.50. The molecule has 1 N–H and O–H groups in total. The fourth-order valence-corrected chi connectivity index (χ4v) is 2.72. The molecule has 0 unspecified atom stereocenters. The quantitative estimate of drug-likeness (QED) is 0.813. The van der Waals surface area contributed by atoms with Crippen molar-refractivity contribution in [1.82, 2.24) is 10.2 Å². The summed E-state index contributed by atoms with van der Waals surface area (Å²) in [7, 11) is 0. The Hall–Kier alpha value is -1.53. The molecule has 1 aliphatic rings. The zero-order chi connectivity index (χ0) is 16.0. The van der Waals surface area contributed by atoms with Crippen molar-refractivity contribution in [1.29, 1.82) is 0 Å². The number of hydrogen-bond acceptors (Lipinski definition) is 3. The third-order valence-corrected chi connectivity index (χ3v) is 3.74. The minimum absolute atomic E-state index is 0.181. The van der Waals surface area contributed by atoms with Crippen LogP contribution in [0.3, 0.4) is 0 Å². The van der Waals surface area contributed by atoms with E-state index < -0.39 is 6.36 Å². The van der Waals surface area contributed by atoms with Crippen LogP contribution in [0.4, 0.5) is 13.2 Å². The van der Waals surface area contributed by atoms with Crippen molar-refractivity contribution in [3.05, 3.63) is 42.5 Å². The predicted molar refractivity (Wildman–Crippen MR) is 79.7 cm³/mol. The smallest absolute Gasteiger partial charge is 0.406 e. The van der Waals surface area contributed by atoms with Crippen molar-refractivity contribution in [3.8, 4) is 5.75 Å². The average Bonchev–Trinajstić information content (AvgIpc) is 2.49. The van der Waals surface area contributed by atoms with Gasteiger partial charge in [-0.05, 0) is 30.5 Å². The van der Waals surface area contributed by atoms with Crippen molar-refractivity contribution in [2.24, 2.45) is 0 Å². The largest absolute Gasteiger partial charge is 0.573 e. The highest BCUT2D eigenvalue weighted by atomic mass is 19.4. The third kappa shape index (κ3) is 5.03. The van der Waals surface area contributed by atoms with Gasteiger partial charge in [-0.2, -0.15) is 0 Å². The summed E-state index contributed by atoms with van der Waals surface area (Å²) in [6.45, 7) is 7.48. The number of nitrogens with zero attached hydrogens (tertiary/aromatic N) is 1. The molecule has 0 aromatic heterocycles. The van der Waals surface area contributed by atoms with Gasteiger partial charge in [0.05, 0.1) is 0 Å². The van der Waals surface area contributed by atoms with Crippen LogP contribution in [0.2, 0.25) is 0 Å². The van der Waals surface area contributed by atoms with Gasteiger partial charge in [0.2, 0.25) is 0 Å². The van der Waals surface area contributed by atoms with Crippen LogP contribution in [-0.4, -0.2) is 37.4 Å². The molecule has 1 saturated heterocycles. The molecule has 1 aliphatic heterocycles. The summed E-state index contributed by atoms with van der Waals surface area (Å²) in [6, 6.07) is 6.39. The van der Waals surface area contributed by atoms with Crippen LogP contribution in [0.1, 0.15) is 24.4 Å². The van der Waals surface area contributed by atoms with Gasteiger partial charge in [0.1, 0.15) is 5.75 Å². The van der Waals surface area contributed by atoms with E-state index in [-0.39, 0.29) is 11.8 Å². The molecule has 1 heterocycles. The summed E-state index contributed by atoms with van der Waals surface area (Å²) in [5.74, 6) is -0.181.